The second-order valence-corrected chi connectivity index (χ2v) is 6.83. The van der Waals surface area contributed by atoms with Crippen LogP contribution in [0.4, 0.5) is 0 Å². The standard InChI is InChI=1S/C29H20O4/c1-4-28(30)32-26-16-10-22(11-17-26)6-7-24-9-15-25(21(3)20-24)14-8-23-12-18-27(19-13-23)33-29(31)5-2/h4-5,9-13,15-20H,1-2H2,3H3. The molecule has 4 nitrogen and oxygen atoms in total. The summed E-state index contributed by atoms with van der Waals surface area (Å²) in [6.45, 7) is 8.72. The number of benzene rings is 3. The summed E-state index contributed by atoms with van der Waals surface area (Å²) in [7, 11) is 0. The lowest BCUT2D eigenvalue weighted by atomic mass is 10.0. The van der Waals surface area contributed by atoms with Gasteiger partial charge in [-0.15, -0.1) is 0 Å². The predicted molar refractivity (Wildman–Crippen MR) is 128 cm³/mol. The van der Waals surface area contributed by atoms with Gasteiger partial charge in [-0.2, -0.15) is 0 Å². The molecule has 0 fully saturated rings. The first-order chi connectivity index (χ1) is 16.0. The normalized spacial score (nSPS) is 9.36. The zero-order valence-electron chi connectivity index (χ0n) is 18.1. The molecule has 160 valence electrons. The Morgan fingerprint density at radius 2 is 1.09 bits per heavy atom. The predicted octanol–water partition coefficient (Wildman–Crippen LogP) is 4.98. The highest BCUT2D eigenvalue weighted by atomic mass is 16.5. The van der Waals surface area contributed by atoms with Crippen LogP contribution >= 0.6 is 0 Å². The molecule has 0 atom stereocenters. The molecule has 0 heterocycles. The van der Waals surface area contributed by atoms with E-state index in [4.69, 9.17) is 9.47 Å². The quantitative estimate of drug-likeness (QED) is 0.253. The minimum Gasteiger partial charge on any atom is -0.423 e. The van der Waals surface area contributed by atoms with Crippen molar-refractivity contribution < 1.29 is 19.1 Å². The lowest BCUT2D eigenvalue weighted by Crippen LogP contribution is -2.02. The van der Waals surface area contributed by atoms with Gasteiger partial charge in [-0.1, -0.05) is 36.8 Å². The molecule has 0 aromatic heterocycles. The van der Waals surface area contributed by atoms with Gasteiger partial charge in [-0.05, 0) is 79.2 Å². The molecular formula is C29H20O4. The Bertz CT molecular complexity index is 1320. The first-order valence-corrected chi connectivity index (χ1v) is 10.00. The highest BCUT2D eigenvalue weighted by Gasteiger charge is 2.01. The molecule has 0 aliphatic carbocycles. The van der Waals surface area contributed by atoms with Gasteiger partial charge in [0, 0.05) is 34.4 Å². The van der Waals surface area contributed by atoms with Crippen molar-refractivity contribution >= 4 is 11.9 Å². The lowest BCUT2D eigenvalue weighted by molar-refractivity contribution is -0.129. The van der Waals surface area contributed by atoms with Gasteiger partial charge < -0.3 is 9.47 Å². The van der Waals surface area contributed by atoms with Crippen LogP contribution in [0.3, 0.4) is 0 Å². The van der Waals surface area contributed by atoms with E-state index in [1.165, 1.54) is 0 Å². The summed E-state index contributed by atoms with van der Waals surface area (Å²) >= 11 is 0. The third-order valence-corrected chi connectivity index (χ3v) is 4.40. The summed E-state index contributed by atoms with van der Waals surface area (Å²) in [5.74, 6) is 12.4. The molecule has 3 aromatic carbocycles. The van der Waals surface area contributed by atoms with Gasteiger partial charge in [0.1, 0.15) is 11.5 Å². The molecule has 0 amide bonds. The van der Waals surface area contributed by atoms with Gasteiger partial charge >= 0.3 is 11.9 Å². The summed E-state index contributed by atoms with van der Waals surface area (Å²) in [5, 5.41) is 0. The lowest BCUT2D eigenvalue weighted by Gasteiger charge is -2.01. The minimum atomic E-state index is -0.501. The van der Waals surface area contributed by atoms with Crippen molar-refractivity contribution in [2.45, 2.75) is 6.92 Å². The number of esters is 2. The van der Waals surface area contributed by atoms with Crippen molar-refractivity contribution in [1.82, 2.24) is 0 Å². The molecule has 0 bridgehead atoms. The van der Waals surface area contributed by atoms with Gasteiger partial charge in [0.05, 0.1) is 0 Å². The summed E-state index contributed by atoms with van der Waals surface area (Å²) in [6, 6.07) is 19.7. The van der Waals surface area contributed by atoms with Crippen LogP contribution in [0.5, 0.6) is 11.5 Å². The van der Waals surface area contributed by atoms with Crippen molar-refractivity contribution in [3.63, 3.8) is 0 Å². The van der Waals surface area contributed by atoms with Gasteiger partial charge in [0.2, 0.25) is 0 Å². The highest BCUT2D eigenvalue weighted by Crippen LogP contribution is 2.14. The first kappa shape index (κ1) is 22.9. The molecule has 0 aliphatic rings. The Balaban J connectivity index is 1.68. The minimum absolute atomic E-state index is 0.441. The van der Waals surface area contributed by atoms with Crippen molar-refractivity contribution in [3.05, 3.63) is 120 Å². The fourth-order valence-corrected chi connectivity index (χ4v) is 2.69. The van der Waals surface area contributed by atoms with E-state index in [1.54, 1.807) is 48.5 Å². The number of hydrogen-bond donors (Lipinski definition) is 0. The van der Waals surface area contributed by atoms with Crippen LogP contribution in [0.2, 0.25) is 0 Å². The number of ether oxygens (including phenoxy) is 2. The maximum atomic E-state index is 11.2. The molecule has 3 aromatic rings. The average Bonchev–Trinajstić information content (AvgIpc) is 2.83. The Kier molecular flexibility index (Phi) is 7.62. The van der Waals surface area contributed by atoms with E-state index in [0.29, 0.717) is 11.5 Å². The molecule has 0 saturated heterocycles. The Morgan fingerprint density at radius 3 is 1.55 bits per heavy atom. The number of aryl methyl sites for hydroxylation is 1. The van der Waals surface area contributed by atoms with E-state index < -0.39 is 11.9 Å². The summed E-state index contributed by atoms with van der Waals surface area (Å²) in [5.41, 5.74) is 4.39. The molecule has 33 heavy (non-hydrogen) atoms. The number of hydrogen-bond acceptors (Lipinski definition) is 4. The second-order valence-electron chi connectivity index (χ2n) is 6.83. The number of carbonyl (C=O) groups excluding carboxylic acids is 2. The van der Waals surface area contributed by atoms with Crippen LogP contribution in [0.15, 0.2) is 92.0 Å². The molecule has 0 unspecified atom stereocenters. The molecular weight excluding hydrogens is 412 g/mol. The Labute approximate surface area is 193 Å². The van der Waals surface area contributed by atoms with Crippen molar-refractivity contribution in [2.75, 3.05) is 0 Å². The summed E-state index contributed by atoms with van der Waals surface area (Å²) < 4.78 is 10.1. The third kappa shape index (κ3) is 6.85. The highest BCUT2D eigenvalue weighted by molar-refractivity contribution is 5.83. The van der Waals surface area contributed by atoms with E-state index in [-0.39, 0.29) is 0 Å². The molecule has 4 heteroatoms. The largest absolute Gasteiger partial charge is 0.423 e. The molecule has 0 radical (unpaired) electrons. The fourth-order valence-electron chi connectivity index (χ4n) is 2.69. The molecule has 3 rings (SSSR count). The maximum Gasteiger partial charge on any atom is 0.335 e. The van der Waals surface area contributed by atoms with Crippen LogP contribution < -0.4 is 9.47 Å². The zero-order chi connectivity index (χ0) is 23.6. The van der Waals surface area contributed by atoms with Crippen LogP contribution in [-0.4, -0.2) is 11.9 Å². The topological polar surface area (TPSA) is 52.6 Å². The van der Waals surface area contributed by atoms with E-state index in [1.807, 2.05) is 25.1 Å². The van der Waals surface area contributed by atoms with E-state index >= 15 is 0 Å². The van der Waals surface area contributed by atoms with Crippen molar-refractivity contribution in [2.24, 2.45) is 0 Å². The van der Waals surface area contributed by atoms with Crippen LogP contribution in [0.1, 0.15) is 27.8 Å². The monoisotopic (exact) mass is 432 g/mol. The Morgan fingerprint density at radius 1 is 0.667 bits per heavy atom. The van der Waals surface area contributed by atoms with Gasteiger partial charge in [0.25, 0.3) is 0 Å². The first-order valence-electron chi connectivity index (χ1n) is 10.00. The molecule has 0 N–H and O–H groups in total. The smallest absolute Gasteiger partial charge is 0.335 e. The van der Waals surface area contributed by atoms with Crippen LogP contribution in [0.25, 0.3) is 0 Å². The van der Waals surface area contributed by atoms with Gasteiger partial charge in [-0.3, -0.25) is 0 Å². The molecule has 0 saturated carbocycles. The fraction of sp³-hybridized carbons (Fsp3) is 0.0345. The number of carbonyl (C=O) groups is 2. The van der Waals surface area contributed by atoms with E-state index in [0.717, 1.165) is 40.0 Å². The van der Waals surface area contributed by atoms with Gasteiger partial charge in [-0.25, -0.2) is 9.59 Å². The van der Waals surface area contributed by atoms with E-state index in [9.17, 15) is 9.59 Å². The van der Waals surface area contributed by atoms with E-state index in [2.05, 4.69) is 36.8 Å². The SMILES string of the molecule is C=CC(=O)Oc1ccc(C#Cc2ccc(C#Cc3ccc(OC(=O)C=C)cc3)c(C)c2)cc1. The summed E-state index contributed by atoms with van der Waals surface area (Å²) in [6.07, 6.45) is 2.23. The second kappa shape index (κ2) is 11.0. The zero-order valence-corrected chi connectivity index (χ0v) is 18.1. The van der Waals surface area contributed by atoms with Gasteiger partial charge in [0.15, 0.2) is 0 Å². The summed E-state index contributed by atoms with van der Waals surface area (Å²) in [4.78, 5) is 22.5. The van der Waals surface area contributed by atoms with Crippen molar-refractivity contribution in [3.8, 4) is 35.2 Å². The Hall–Kier alpha value is -4.80. The van der Waals surface area contributed by atoms with Crippen LogP contribution in [0, 0.1) is 30.6 Å². The average molecular weight is 432 g/mol. The van der Waals surface area contributed by atoms with Crippen LogP contribution in [-0.2, 0) is 9.59 Å². The third-order valence-electron chi connectivity index (χ3n) is 4.40. The van der Waals surface area contributed by atoms with Crippen molar-refractivity contribution in [1.29, 1.82) is 0 Å². The maximum absolute atomic E-state index is 11.2. The molecule has 0 spiro atoms. The number of rotatable bonds is 4. The molecule has 0 aliphatic heterocycles.